The number of hydrogen-bond acceptors (Lipinski definition) is 4. The summed E-state index contributed by atoms with van der Waals surface area (Å²) in [6, 6.07) is 3.72. The van der Waals surface area contributed by atoms with Crippen molar-refractivity contribution in [3.05, 3.63) is 29.0 Å². The third kappa shape index (κ3) is 2.79. The number of thiazole rings is 1. The van der Waals surface area contributed by atoms with Gasteiger partial charge in [0.25, 0.3) is 0 Å². The number of aryl methyl sites for hydroxylation is 1. The van der Waals surface area contributed by atoms with Crippen LogP contribution in [0.2, 0.25) is 0 Å². The fourth-order valence-electron chi connectivity index (χ4n) is 1.47. The molecule has 0 aliphatic carbocycles. The molecular formula is C13H16N2O2S. The van der Waals surface area contributed by atoms with Gasteiger partial charge in [0, 0.05) is 10.8 Å². The summed E-state index contributed by atoms with van der Waals surface area (Å²) < 4.78 is 5.31. The van der Waals surface area contributed by atoms with Crippen molar-refractivity contribution in [2.75, 3.05) is 0 Å². The Balaban J connectivity index is 2.08. The van der Waals surface area contributed by atoms with Crippen LogP contribution in [-0.4, -0.2) is 10.9 Å². The van der Waals surface area contributed by atoms with Crippen molar-refractivity contribution in [2.45, 2.75) is 27.3 Å². The number of amides is 1. The Labute approximate surface area is 110 Å². The molecule has 0 aliphatic rings. The average Bonchev–Trinajstić information content (AvgIpc) is 2.94. The fraction of sp³-hybridized carbons (Fsp3) is 0.385. The molecule has 4 nitrogen and oxygen atoms in total. The van der Waals surface area contributed by atoms with Gasteiger partial charge in [0.15, 0.2) is 10.8 Å². The maximum Gasteiger partial charge on any atom is 0.222 e. The van der Waals surface area contributed by atoms with Gasteiger partial charge in [-0.25, -0.2) is 4.98 Å². The van der Waals surface area contributed by atoms with E-state index in [1.54, 1.807) is 17.6 Å². The summed E-state index contributed by atoms with van der Waals surface area (Å²) in [5, 5.41) is 3.75. The first-order valence-corrected chi connectivity index (χ1v) is 6.67. The highest BCUT2D eigenvalue weighted by molar-refractivity contribution is 7.15. The van der Waals surface area contributed by atoms with Gasteiger partial charge in [0.05, 0.1) is 18.5 Å². The van der Waals surface area contributed by atoms with Crippen molar-refractivity contribution in [2.24, 2.45) is 5.92 Å². The van der Waals surface area contributed by atoms with Crippen LogP contribution in [0, 0.1) is 12.8 Å². The Morgan fingerprint density at radius 2 is 2.33 bits per heavy atom. The molecule has 0 fully saturated rings. The molecule has 0 unspecified atom stereocenters. The molecule has 2 rings (SSSR count). The quantitative estimate of drug-likeness (QED) is 0.923. The van der Waals surface area contributed by atoms with Crippen LogP contribution in [0.1, 0.15) is 24.4 Å². The fourth-order valence-corrected chi connectivity index (χ4v) is 2.44. The van der Waals surface area contributed by atoms with Crippen LogP contribution in [0.3, 0.4) is 0 Å². The van der Waals surface area contributed by atoms with E-state index in [2.05, 4.69) is 10.3 Å². The summed E-state index contributed by atoms with van der Waals surface area (Å²) in [5.74, 6) is 0.828. The van der Waals surface area contributed by atoms with Crippen molar-refractivity contribution in [3.8, 4) is 10.8 Å². The van der Waals surface area contributed by atoms with E-state index in [-0.39, 0.29) is 11.8 Å². The molecular weight excluding hydrogens is 248 g/mol. The minimum atomic E-state index is 0.00257. The van der Waals surface area contributed by atoms with E-state index in [1.807, 2.05) is 32.9 Å². The first-order chi connectivity index (χ1) is 8.58. The first-order valence-electron chi connectivity index (χ1n) is 5.86. The van der Waals surface area contributed by atoms with Crippen molar-refractivity contribution in [1.29, 1.82) is 0 Å². The largest absolute Gasteiger partial charge is 0.462 e. The maximum atomic E-state index is 11.5. The van der Waals surface area contributed by atoms with Gasteiger partial charge in [-0.1, -0.05) is 13.8 Å². The molecule has 0 saturated carbocycles. The van der Waals surface area contributed by atoms with E-state index >= 15 is 0 Å². The number of aromatic nitrogens is 1. The Kier molecular flexibility index (Phi) is 3.81. The van der Waals surface area contributed by atoms with Crippen LogP contribution in [0.5, 0.6) is 0 Å². The average molecular weight is 264 g/mol. The van der Waals surface area contributed by atoms with Gasteiger partial charge < -0.3 is 9.73 Å². The molecule has 0 atom stereocenters. The molecule has 2 aromatic rings. The summed E-state index contributed by atoms with van der Waals surface area (Å²) in [5.41, 5.74) is 0.940. The van der Waals surface area contributed by atoms with E-state index in [0.29, 0.717) is 6.54 Å². The zero-order valence-electron chi connectivity index (χ0n) is 10.7. The van der Waals surface area contributed by atoms with Gasteiger partial charge >= 0.3 is 0 Å². The molecule has 18 heavy (non-hydrogen) atoms. The van der Waals surface area contributed by atoms with Crippen molar-refractivity contribution in [1.82, 2.24) is 10.3 Å². The second kappa shape index (κ2) is 5.35. The van der Waals surface area contributed by atoms with Crippen molar-refractivity contribution in [3.63, 3.8) is 0 Å². The van der Waals surface area contributed by atoms with Crippen molar-refractivity contribution >= 4 is 17.2 Å². The van der Waals surface area contributed by atoms with Crippen LogP contribution in [0.15, 0.2) is 22.8 Å². The van der Waals surface area contributed by atoms with Crippen molar-refractivity contribution < 1.29 is 9.21 Å². The highest BCUT2D eigenvalue weighted by Crippen LogP contribution is 2.28. The summed E-state index contributed by atoms with van der Waals surface area (Å²) in [6.07, 6.45) is 1.63. The highest BCUT2D eigenvalue weighted by Gasteiger charge is 2.13. The van der Waals surface area contributed by atoms with Crippen LogP contribution >= 0.6 is 11.3 Å². The number of rotatable bonds is 4. The molecule has 1 amide bonds. The van der Waals surface area contributed by atoms with Crippen LogP contribution in [0.25, 0.3) is 10.8 Å². The lowest BCUT2D eigenvalue weighted by atomic mass is 10.2. The number of carbonyl (C=O) groups excluding carboxylic acids is 1. The minimum absolute atomic E-state index is 0.00257. The van der Waals surface area contributed by atoms with Gasteiger partial charge in [0.1, 0.15) is 0 Å². The molecule has 0 spiro atoms. The van der Waals surface area contributed by atoms with Gasteiger partial charge in [-0.2, -0.15) is 0 Å². The van der Waals surface area contributed by atoms with Crippen LogP contribution < -0.4 is 5.32 Å². The molecule has 5 heteroatoms. The summed E-state index contributed by atoms with van der Waals surface area (Å²) in [4.78, 5) is 17.0. The topological polar surface area (TPSA) is 55.1 Å². The standard InChI is InChI=1S/C13H16N2O2S/c1-8(2)12(16)14-7-11-9(3)15-13(18-11)10-5-4-6-17-10/h4-6,8H,7H2,1-3H3,(H,14,16). The molecule has 1 N–H and O–H groups in total. The first kappa shape index (κ1) is 12.8. The van der Waals surface area contributed by atoms with Gasteiger partial charge in [-0.15, -0.1) is 11.3 Å². The maximum absolute atomic E-state index is 11.5. The van der Waals surface area contributed by atoms with E-state index in [4.69, 9.17) is 4.42 Å². The zero-order chi connectivity index (χ0) is 13.1. The Hall–Kier alpha value is -1.62. The smallest absolute Gasteiger partial charge is 0.222 e. The summed E-state index contributed by atoms with van der Waals surface area (Å²) in [7, 11) is 0. The predicted molar refractivity (Wildman–Crippen MR) is 71.2 cm³/mol. The predicted octanol–water partition coefficient (Wildman–Crippen LogP) is 2.98. The molecule has 0 saturated heterocycles. The Morgan fingerprint density at radius 1 is 1.56 bits per heavy atom. The minimum Gasteiger partial charge on any atom is -0.462 e. The number of hydrogen-bond donors (Lipinski definition) is 1. The monoisotopic (exact) mass is 264 g/mol. The lowest BCUT2D eigenvalue weighted by molar-refractivity contribution is -0.124. The third-order valence-electron chi connectivity index (χ3n) is 2.57. The van der Waals surface area contributed by atoms with Gasteiger partial charge in [-0.3, -0.25) is 4.79 Å². The number of furan rings is 1. The number of nitrogens with zero attached hydrogens (tertiary/aromatic N) is 1. The Morgan fingerprint density at radius 3 is 2.94 bits per heavy atom. The van der Waals surface area contributed by atoms with E-state index in [9.17, 15) is 4.79 Å². The second-order valence-electron chi connectivity index (χ2n) is 4.38. The SMILES string of the molecule is Cc1nc(-c2ccco2)sc1CNC(=O)C(C)C. The number of nitrogens with one attached hydrogen (secondary N) is 1. The van der Waals surface area contributed by atoms with E-state index < -0.39 is 0 Å². The second-order valence-corrected chi connectivity index (χ2v) is 5.46. The molecule has 2 aromatic heterocycles. The molecule has 0 aromatic carbocycles. The normalized spacial score (nSPS) is 10.9. The summed E-state index contributed by atoms with van der Waals surface area (Å²) in [6.45, 7) is 6.23. The molecule has 0 radical (unpaired) electrons. The lowest BCUT2D eigenvalue weighted by Crippen LogP contribution is -2.26. The lowest BCUT2D eigenvalue weighted by Gasteiger charge is -2.05. The van der Waals surface area contributed by atoms with Crippen LogP contribution in [0.4, 0.5) is 0 Å². The van der Waals surface area contributed by atoms with Crippen LogP contribution in [-0.2, 0) is 11.3 Å². The van der Waals surface area contributed by atoms with Gasteiger partial charge in [0.2, 0.25) is 5.91 Å². The third-order valence-corrected chi connectivity index (χ3v) is 3.74. The van der Waals surface area contributed by atoms with E-state index in [0.717, 1.165) is 21.3 Å². The Bertz CT molecular complexity index is 529. The highest BCUT2D eigenvalue weighted by atomic mass is 32.1. The van der Waals surface area contributed by atoms with Gasteiger partial charge in [-0.05, 0) is 19.1 Å². The molecule has 0 bridgehead atoms. The van der Waals surface area contributed by atoms with E-state index in [1.165, 1.54) is 0 Å². The zero-order valence-corrected chi connectivity index (χ0v) is 11.5. The number of carbonyl (C=O) groups is 1. The summed E-state index contributed by atoms with van der Waals surface area (Å²) >= 11 is 1.55. The molecule has 96 valence electrons. The molecule has 2 heterocycles. The molecule has 0 aliphatic heterocycles.